The Hall–Kier alpha value is -2.37. The molecular formula is C15H19N3O3. The van der Waals surface area contributed by atoms with Crippen LogP contribution in [0.2, 0.25) is 0 Å². The van der Waals surface area contributed by atoms with Crippen molar-refractivity contribution in [2.75, 3.05) is 7.11 Å². The van der Waals surface area contributed by atoms with Gasteiger partial charge < -0.3 is 9.47 Å². The summed E-state index contributed by atoms with van der Waals surface area (Å²) in [6.45, 7) is 2.05. The maximum absolute atomic E-state index is 11.7. The molecule has 0 fully saturated rings. The fraction of sp³-hybridized carbons (Fsp3) is 0.400. The van der Waals surface area contributed by atoms with Gasteiger partial charge in [0.15, 0.2) is 6.10 Å². The van der Waals surface area contributed by atoms with Gasteiger partial charge in [-0.3, -0.25) is 0 Å². The highest BCUT2D eigenvalue weighted by Gasteiger charge is 2.22. The Labute approximate surface area is 123 Å². The van der Waals surface area contributed by atoms with E-state index in [9.17, 15) is 4.79 Å². The molecular weight excluding hydrogens is 270 g/mol. The number of nitrogens with zero attached hydrogens (tertiary/aromatic N) is 3. The van der Waals surface area contributed by atoms with Crippen LogP contribution in [-0.2, 0) is 9.53 Å². The van der Waals surface area contributed by atoms with Crippen LogP contribution in [-0.4, -0.2) is 33.9 Å². The van der Waals surface area contributed by atoms with Gasteiger partial charge in [0.1, 0.15) is 6.33 Å². The standard InChI is InChI=1S/C15H19N3O3/c1-3-4-10-13(14(19)20-2)21-15-16-11-18(17-15)12-8-6-5-7-9-12/h5-9,11,13H,3-4,10H2,1-2H3. The molecule has 0 bridgehead atoms. The molecule has 6 nitrogen and oxygen atoms in total. The number of rotatable bonds is 7. The third-order valence-corrected chi connectivity index (χ3v) is 3.02. The summed E-state index contributed by atoms with van der Waals surface area (Å²) in [5.74, 6) is -0.403. The molecule has 0 N–H and O–H groups in total. The fourth-order valence-corrected chi connectivity index (χ4v) is 1.88. The van der Waals surface area contributed by atoms with E-state index >= 15 is 0 Å². The topological polar surface area (TPSA) is 66.2 Å². The van der Waals surface area contributed by atoms with E-state index in [-0.39, 0.29) is 6.01 Å². The largest absolute Gasteiger partial charge is 0.466 e. The van der Waals surface area contributed by atoms with Gasteiger partial charge in [0.2, 0.25) is 0 Å². The molecule has 1 unspecified atom stereocenters. The second kappa shape index (κ2) is 7.42. The number of carbonyl (C=O) groups excluding carboxylic acids is 1. The van der Waals surface area contributed by atoms with E-state index in [0.717, 1.165) is 18.5 Å². The van der Waals surface area contributed by atoms with Crippen molar-refractivity contribution in [3.8, 4) is 11.7 Å². The normalized spacial score (nSPS) is 11.9. The molecule has 112 valence electrons. The molecule has 0 radical (unpaired) electrons. The van der Waals surface area contributed by atoms with Crippen molar-refractivity contribution < 1.29 is 14.3 Å². The molecule has 1 aromatic carbocycles. The highest BCUT2D eigenvalue weighted by Crippen LogP contribution is 2.13. The van der Waals surface area contributed by atoms with E-state index in [4.69, 9.17) is 9.47 Å². The Balaban J connectivity index is 2.07. The summed E-state index contributed by atoms with van der Waals surface area (Å²) >= 11 is 0. The van der Waals surface area contributed by atoms with Crippen LogP contribution in [0.5, 0.6) is 6.01 Å². The molecule has 2 rings (SSSR count). The lowest BCUT2D eigenvalue weighted by Gasteiger charge is -2.13. The minimum atomic E-state index is -0.665. The first-order chi connectivity index (χ1) is 10.2. The van der Waals surface area contributed by atoms with Crippen LogP contribution in [0.15, 0.2) is 36.7 Å². The average Bonchev–Trinajstić information content (AvgIpc) is 3.00. The molecule has 0 saturated carbocycles. The van der Waals surface area contributed by atoms with Gasteiger partial charge in [0, 0.05) is 0 Å². The van der Waals surface area contributed by atoms with Gasteiger partial charge in [0.25, 0.3) is 0 Å². The summed E-state index contributed by atoms with van der Waals surface area (Å²) in [7, 11) is 1.35. The summed E-state index contributed by atoms with van der Waals surface area (Å²) < 4.78 is 11.9. The zero-order valence-electron chi connectivity index (χ0n) is 12.2. The third-order valence-electron chi connectivity index (χ3n) is 3.02. The van der Waals surface area contributed by atoms with Crippen LogP contribution in [0.3, 0.4) is 0 Å². The second-order valence-corrected chi connectivity index (χ2v) is 4.58. The monoisotopic (exact) mass is 289 g/mol. The summed E-state index contributed by atoms with van der Waals surface area (Å²) in [4.78, 5) is 15.8. The quantitative estimate of drug-likeness (QED) is 0.732. The number of methoxy groups -OCH3 is 1. The van der Waals surface area contributed by atoms with Crippen LogP contribution >= 0.6 is 0 Å². The first-order valence-electron chi connectivity index (χ1n) is 6.96. The molecule has 0 spiro atoms. The summed E-state index contributed by atoms with van der Waals surface area (Å²) in [5.41, 5.74) is 0.878. The van der Waals surface area contributed by atoms with Crippen LogP contribution in [0, 0.1) is 0 Å². The van der Waals surface area contributed by atoms with E-state index in [0.29, 0.717) is 6.42 Å². The van der Waals surface area contributed by atoms with E-state index in [1.165, 1.54) is 7.11 Å². The Bertz CT molecular complexity index is 569. The summed E-state index contributed by atoms with van der Waals surface area (Å²) in [6, 6.07) is 9.74. The van der Waals surface area contributed by atoms with Gasteiger partial charge in [-0.25, -0.2) is 9.48 Å². The number of unbranched alkanes of at least 4 members (excludes halogenated alkanes) is 1. The number of esters is 1. The summed E-state index contributed by atoms with van der Waals surface area (Å²) in [5, 5.41) is 4.22. The van der Waals surface area contributed by atoms with Crippen LogP contribution < -0.4 is 4.74 Å². The minimum Gasteiger partial charge on any atom is -0.466 e. The number of hydrogen-bond acceptors (Lipinski definition) is 5. The Morgan fingerprint density at radius 1 is 1.33 bits per heavy atom. The van der Waals surface area contributed by atoms with Crippen molar-refractivity contribution in [1.29, 1.82) is 0 Å². The van der Waals surface area contributed by atoms with Crippen LogP contribution in [0.25, 0.3) is 5.69 Å². The van der Waals surface area contributed by atoms with Gasteiger partial charge >= 0.3 is 12.0 Å². The van der Waals surface area contributed by atoms with Crippen molar-refractivity contribution in [2.45, 2.75) is 32.3 Å². The van der Waals surface area contributed by atoms with Gasteiger partial charge in [-0.2, -0.15) is 4.98 Å². The third kappa shape index (κ3) is 4.05. The van der Waals surface area contributed by atoms with Crippen LogP contribution in [0.1, 0.15) is 26.2 Å². The van der Waals surface area contributed by atoms with Gasteiger partial charge in [-0.1, -0.05) is 31.5 Å². The number of carbonyl (C=O) groups is 1. The highest BCUT2D eigenvalue weighted by molar-refractivity contribution is 5.74. The van der Waals surface area contributed by atoms with E-state index in [1.54, 1.807) is 11.0 Å². The molecule has 21 heavy (non-hydrogen) atoms. The first kappa shape index (κ1) is 15.0. The molecule has 0 aliphatic heterocycles. The van der Waals surface area contributed by atoms with E-state index in [1.807, 2.05) is 30.3 Å². The Kier molecular flexibility index (Phi) is 5.31. The zero-order valence-corrected chi connectivity index (χ0v) is 12.2. The Morgan fingerprint density at radius 2 is 2.10 bits per heavy atom. The number of aromatic nitrogens is 3. The van der Waals surface area contributed by atoms with Crippen molar-refractivity contribution in [1.82, 2.24) is 14.8 Å². The van der Waals surface area contributed by atoms with Crippen molar-refractivity contribution in [3.63, 3.8) is 0 Å². The molecule has 0 aliphatic carbocycles. The SMILES string of the molecule is CCCCC(Oc1ncn(-c2ccccc2)n1)C(=O)OC. The molecule has 0 aliphatic rings. The second-order valence-electron chi connectivity index (χ2n) is 4.58. The number of ether oxygens (including phenoxy) is 2. The molecule has 0 saturated heterocycles. The highest BCUT2D eigenvalue weighted by atomic mass is 16.6. The zero-order chi connectivity index (χ0) is 15.1. The predicted molar refractivity (Wildman–Crippen MR) is 77.3 cm³/mol. The van der Waals surface area contributed by atoms with Gasteiger partial charge in [0.05, 0.1) is 12.8 Å². The van der Waals surface area contributed by atoms with E-state index < -0.39 is 12.1 Å². The fourth-order valence-electron chi connectivity index (χ4n) is 1.88. The lowest BCUT2D eigenvalue weighted by molar-refractivity contribution is -0.149. The lowest BCUT2D eigenvalue weighted by Crippen LogP contribution is -2.29. The maximum atomic E-state index is 11.7. The molecule has 1 heterocycles. The van der Waals surface area contributed by atoms with Crippen LogP contribution in [0.4, 0.5) is 0 Å². The number of benzene rings is 1. The molecule has 1 atom stereocenters. The molecule has 0 amide bonds. The van der Waals surface area contributed by atoms with Crippen molar-refractivity contribution in [3.05, 3.63) is 36.7 Å². The number of hydrogen-bond donors (Lipinski definition) is 0. The van der Waals surface area contributed by atoms with E-state index in [2.05, 4.69) is 17.0 Å². The average molecular weight is 289 g/mol. The molecule has 6 heteroatoms. The van der Waals surface area contributed by atoms with Gasteiger partial charge in [-0.05, 0) is 25.0 Å². The molecule has 1 aromatic heterocycles. The predicted octanol–water partition coefficient (Wildman–Crippen LogP) is 2.38. The summed E-state index contributed by atoms with van der Waals surface area (Å²) in [6.07, 6.45) is 3.32. The van der Waals surface area contributed by atoms with Gasteiger partial charge in [-0.15, -0.1) is 5.10 Å². The maximum Gasteiger partial charge on any atom is 0.347 e. The minimum absolute atomic E-state index is 0.172. The molecule has 2 aromatic rings. The first-order valence-corrected chi connectivity index (χ1v) is 6.96. The number of para-hydroxylation sites is 1. The van der Waals surface area contributed by atoms with Crippen molar-refractivity contribution in [2.24, 2.45) is 0 Å². The van der Waals surface area contributed by atoms with Crippen molar-refractivity contribution >= 4 is 5.97 Å². The smallest absolute Gasteiger partial charge is 0.347 e. The lowest BCUT2D eigenvalue weighted by atomic mass is 10.1. The Morgan fingerprint density at radius 3 is 2.76 bits per heavy atom.